The fraction of sp³-hybridized carbons (Fsp3) is 0.500. The average molecular weight is 265 g/mol. The van der Waals surface area contributed by atoms with Gasteiger partial charge in [-0.1, -0.05) is 5.16 Å². The number of hydrogen-bond acceptors (Lipinski definition) is 6. The molecule has 6 heteroatoms. The summed E-state index contributed by atoms with van der Waals surface area (Å²) in [5.74, 6) is 0.873. The maximum Gasteiger partial charge on any atom is 0.260 e. The van der Waals surface area contributed by atoms with E-state index in [1.54, 1.807) is 11.3 Å². The van der Waals surface area contributed by atoms with Crippen LogP contribution in [0.3, 0.4) is 0 Å². The number of aryl methyl sites for hydroxylation is 1. The van der Waals surface area contributed by atoms with E-state index in [4.69, 9.17) is 4.52 Å². The predicted molar refractivity (Wildman–Crippen MR) is 68.3 cm³/mol. The lowest BCUT2D eigenvalue weighted by molar-refractivity contribution is -0.0167. The van der Waals surface area contributed by atoms with Crippen LogP contribution in [0.15, 0.2) is 15.3 Å². The molecule has 18 heavy (non-hydrogen) atoms. The molecule has 1 fully saturated rings. The summed E-state index contributed by atoms with van der Waals surface area (Å²) in [4.78, 5) is 4.35. The van der Waals surface area contributed by atoms with E-state index in [1.165, 1.54) is 0 Å². The highest BCUT2D eigenvalue weighted by atomic mass is 32.1. The molecule has 1 atom stereocenters. The van der Waals surface area contributed by atoms with Crippen molar-refractivity contribution in [2.75, 3.05) is 13.1 Å². The molecule has 3 rings (SSSR count). The number of nitrogens with one attached hydrogen (secondary N) is 1. The zero-order valence-electron chi connectivity index (χ0n) is 10.1. The van der Waals surface area contributed by atoms with Gasteiger partial charge in [0.1, 0.15) is 0 Å². The molecule has 0 bridgehead atoms. The summed E-state index contributed by atoms with van der Waals surface area (Å²) >= 11 is 1.61. The van der Waals surface area contributed by atoms with Crippen molar-refractivity contribution in [1.82, 2.24) is 15.5 Å². The van der Waals surface area contributed by atoms with Crippen LogP contribution in [0.2, 0.25) is 0 Å². The number of nitrogens with zero attached hydrogens (tertiary/aromatic N) is 2. The maximum absolute atomic E-state index is 10.5. The summed E-state index contributed by atoms with van der Waals surface area (Å²) in [7, 11) is 0. The minimum absolute atomic E-state index is 0.315. The van der Waals surface area contributed by atoms with Crippen molar-refractivity contribution in [3.63, 3.8) is 0 Å². The number of thiophene rings is 1. The third kappa shape index (κ3) is 1.96. The van der Waals surface area contributed by atoms with Gasteiger partial charge in [-0.3, -0.25) is 0 Å². The Morgan fingerprint density at radius 1 is 1.50 bits per heavy atom. The molecule has 0 saturated carbocycles. The van der Waals surface area contributed by atoms with Gasteiger partial charge >= 0.3 is 0 Å². The second-order valence-corrected chi connectivity index (χ2v) is 5.45. The van der Waals surface area contributed by atoms with Crippen LogP contribution >= 0.6 is 11.3 Å². The summed E-state index contributed by atoms with van der Waals surface area (Å²) in [5.41, 5.74) is 1.08. The molecule has 96 valence electrons. The Bertz CT molecular complexity index is 543. The summed E-state index contributed by atoms with van der Waals surface area (Å²) in [5, 5.41) is 21.6. The van der Waals surface area contributed by atoms with E-state index in [9.17, 15) is 5.11 Å². The maximum atomic E-state index is 10.5. The molecule has 3 heterocycles. The van der Waals surface area contributed by atoms with Crippen LogP contribution in [0, 0.1) is 6.92 Å². The Morgan fingerprint density at radius 3 is 3.06 bits per heavy atom. The highest BCUT2D eigenvalue weighted by Gasteiger charge is 2.37. The fourth-order valence-electron chi connectivity index (χ4n) is 2.18. The normalized spacial score (nSPS) is 24.3. The quantitative estimate of drug-likeness (QED) is 0.864. The Hall–Kier alpha value is -1.24. The number of aliphatic hydroxyl groups is 1. The largest absolute Gasteiger partial charge is 0.379 e. The van der Waals surface area contributed by atoms with Crippen LogP contribution in [0.4, 0.5) is 0 Å². The molecule has 0 aromatic carbocycles. The molecule has 1 aliphatic rings. The van der Waals surface area contributed by atoms with Gasteiger partial charge in [0, 0.05) is 17.5 Å². The van der Waals surface area contributed by atoms with Crippen molar-refractivity contribution < 1.29 is 9.63 Å². The smallest absolute Gasteiger partial charge is 0.260 e. The van der Waals surface area contributed by atoms with E-state index in [1.807, 2.05) is 17.7 Å². The molecule has 2 aromatic heterocycles. The number of aromatic nitrogens is 2. The highest BCUT2D eigenvalue weighted by molar-refractivity contribution is 7.08. The monoisotopic (exact) mass is 265 g/mol. The van der Waals surface area contributed by atoms with E-state index in [2.05, 4.69) is 15.5 Å². The lowest BCUT2D eigenvalue weighted by Gasteiger charge is -2.28. The molecule has 2 aromatic rings. The van der Waals surface area contributed by atoms with Gasteiger partial charge in [0.05, 0.1) is 0 Å². The number of β-amino-alcohol motifs (C(OH)–C–C–N with tert-alkyl or cyclic N) is 1. The van der Waals surface area contributed by atoms with Gasteiger partial charge in [0.25, 0.3) is 5.89 Å². The van der Waals surface area contributed by atoms with Crippen molar-refractivity contribution in [1.29, 1.82) is 0 Å². The Labute approximate surface area is 109 Å². The first-order valence-corrected chi connectivity index (χ1v) is 6.94. The van der Waals surface area contributed by atoms with E-state index >= 15 is 0 Å². The van der Waals surface area contributed by atoms with Gasteiger partial charge < -0.3 is 14.9 Å². The predicted octanol–water partition coefficient (Wildman–Crippen LogP) is 1.68. The lowest BCUT2D eigenvalue weighted by atomic mass is 9.94. The molecular weight excluding hydrogens is 250 g/mol. The topological polar surface area (TPSA) is 71.2 Å². The average Bonchev–Trinajstić information content (AvgIpc) is 2.98. The highest BCUT2D eigenvalue weighted by Crippen LogP contribution is 2.30. The first-order valence-electron chi connectivity index (χ1n) is 5.99. The number of piperidine rings is 1. The molecule has 0 amide bonds. The van der Waals surface area contributed by atoms with E-state index in [0.29, 0.717) is 24.7 Å². The van der Waals surface area contributed by atoms with Crippen LogP contribution < -0.4 is 5.32 Å². The molecule has 1 unspecified atom stereocenters. The van der Waals surface area contributed by atoms with Crippen LogP contribution in [-0.2, 0) is 5.60 Å². The van der Waals surface area contributed by atoms with Crippen molar-refractivity contribution in [3.05, 3.63) is 22.2 Å². The molecular formula is C12H15N3O2S. The fourth-order valence-corrected chi connectivity index (χ4v) is 3.01. The zero-order valence-corrected chi connectivity index (χ0v) is 11.0. The van der Waals surface area contributed by atoms with Crippen molar-refractivity contribution in [2.45, 2.75) is 25.4 Å². The first-order chi connectivity index (χ1) is 8.69. The van der Waals surface area contributed by atoms with Gasteiger partial charge in [-0.15, -0.1) is 0 Å². The standard InChI is InChI=1S/C12H15N3O2S/c1-8-5-18-6-9(8)10-14-11(17-15-10)12(16)3-2-4-13-7-12/h5-6,13,16H,2-4,7H2,1H3. The van der Waals surface area contributed by atoms with Crippen LogP contribution in [0.25, 0.3) is 11.4 Å². The van der Waals surface area contributed by atoms with Crippen LogP contribution in [0.1, 0.15) is 24.3 Å². The Balaban J connectivity index is 1.92. The molecule has 1 saturated heterocycles. The molecule has 2 N–H and O–H groups in total. The third-order valence-electron chi connectivity index (χ3n) is 3.28. The summed E-state index contributed by atoms with van der Waals surface area (Å²) in [6.07, 6.45) is 1.57. The van der Waals surface area contributed by atoms with Gasteiger partial charge in [-0.05, 0) is 37.3 Å². The molecule has 0 aliphatic carbocycles. The SMILES string of the molecule is Cc1cscc1-c1noc(C2(O)CCCNC2)n1. The minimum atomic E-state index is -1.02. The molecule has 5 nitrogen and oxygen atoms in total. The molecule has 0 radical (unpaired) electrons. The second kappa shape index (κ2) is 4.46. The molecule has 0 spiro atoms. The van der Waals surface area contributed by atoms with Gasteiger partial charge in [-0.2, -0.15) is 16.3 Å². The van der Waals surface area contributed by atoms with Crippen molar-refractivity contribution in [3.8, 4) is 11.4 Å². The van der Waals surface area contributed by atoms with E-state index in [0.717, 1.165) is 24.1 Å². The number of hydrogen-bond donors (Lipinski definition) is 2. The summed E-state index contributed by atoms with van der Waals surface area (Å²) in [6.45, 7) is 3.41. The second-order valence-electron chi connectivity index (χ2n) is 4.70. The summed E-state index contributed by atoms with van der Waals surface area (Å²) < 4.78 is 5.24. The van der Waals surface area contributed by atoms with Crippen molar-refractivity contribution >= 4 is 11.3 Å². The van der Waals surface area contributed by atoms with E-state index in [-0.39, 0.29) is 0 Å². The first kappa shape index (κ1) is 11.8. The lowest BCUT2D eigenvalue weighted by Crippen LogP contribution is -2.43. The minimum Gasteiger partial charge on any atom is -0.379 e. The van der Waals surface area contributed by atoms with E-state index < -0.39 is 5.60 Å². The Kier molecular flexibility index (Phi) is 2.93. The summed E-state index contributed by atoms with van der Waals surface area (Å²) in [6, 6.07) is 0. The van der Waals surface area contributed by atoms with Gasteiger partial charge in [0.2, 0.25) is 5.82 Å². The van der Waals surface area contributed by atoms with Crippen LogP contribution in [-0.4, -0.2) is 28.3 Å². The Morgan fingerprint density at radius 2 is 2.39 bits per heavy atom. The zero-order chi connectivity index (χ0) is 12.6. The number of rotatable bonds is 2. The van der Waals surface area contributed by atoms with Crippen molar-refractivity contribution in [2.24, 2.45) is 0 Å². The van der Waals surface area contributed by atoms with Gasteiger partial charge in [0.15, 0.2) is 5.60 Å². The van der Waals surface area contributed by atoms with Crippen LogP contribution in [0.5, 0.6) is 0 Å². The van der Waals surface area contributed by atoms with Gasteiger partial charge in [-0.25, -0.2) is 0 Å². The third-order valence-corrected chi connectivity index (χ3v) is 4.14. The molecule has 1 aliphatic heterocycles.